The van der Waals surface area contributed by atoms with E-state index >= 15 is 0 Å². The van der Waals surface area contributed by atoms with Gasteiger partial charge in [-0.3, -0.25) is 9.10 Å². The number of amides is 1. The van der Waals surface area contributed by atoms with Crippen LogP contribution in [0.15, 0.2) is 66.7 Å². The van der Waals surface area contributed by atoms with Gasteiger partial charge in [0.25, 0.3) is 5.91 Å². The van der Waals surface area contributed by atoms with Crippen molar-refractivity contribution >= 4 is 33.2 Å². The molecule has 180 valence electrons. The molecule has 1 N–H and O–H groups in total. The summed E-state index contributed by atoms with van der Waals surface area (Å²) in [7, 11) is -0.467. The van der Waals surface area contributed by atoms with Crippen LogP contribution in [0.4, 0.5) is 5.69 Å². The van der Waals surface area contributed by atoms with E-state index in [2.05, 4.69) is 5.32 Å². The van der Waals surface area contributed by atoms with Crippen LogP contribution in [0.1, 0.15) is 34.5 Å². The lowest BCUT2D eigenvalue weighted by Crippen LogP contribution is -2.30. The van der Waals surface area contributed by atoms with Gasteiger partial charge in [-0.2, -0.15) is 0 Å². The van der Waals surface area contributed by atoms with Crippen LogP contribution in [0.2, 0.25) is 5.02 Å². The van der Waals surface area contributed by atoms with Gasteiger partial charge in [-0.1, -0.05) is 35.9 Å². The lowest BCUT2D eigenvalue weighted by molar-refractivity contribution is 0.0940. The Morgan fingerprint density at radius 1 is 1.00 bits per heavy atom. The first-order valence-electron chi connectivity index (χ1n) is 10.5. The smallest absolute Gasteiger partial charge is 0.251 e. The summed E-state index contributed by atoms with van der Waals surface area (Å²) < 4.78 is 36.7. The number of hydrogen-bond acceptors (Lipinski definition) is 5. The summed E-state index contributed by atoms with van der Waals surface area (Å²) in [6.45, 7) is 1.95. The van der Waals surface area contributed by atoms with Gasteiger partial charge in [-0.05, 0) is 60.5 Å². The lowest BCUT2D eigenvalue weighted by Gasteiger charge is -2.23. The Morgan fingerprint density at radius 2 is 1.65 bits per heavy atom. The molecule has 0 aromatic heterocycles. The van der Waals surface area contributed by atoms with Crippen LogP contribution in [-0.2, 0) is 16.6 Å². The van der Waals surface area contributed by atoms with Gasteiger partial charge in [0.15, 0.2) is 11.5 Å². The number of carbonyl (C=O) groups excluding carboxylic acids is 1. The number of carbonyl (C=O) groups is 1. The zero-order chi connectivity index (χ0) is 24.9. The quantitative estimate of drug-likeness (QED) is 0.453. The van der Waals surface area contributed by atoms with Crippen LogP contribution in [-0.4, -0.2) is 34.8 Å². The summed E-state index contributed by atoms with van der Waals surface area (Å²) in [4.78, 5) is 12.8. The van der Waals surface area contributed by atoms with Crippen molar-refractivity contribution in [3.63, 3.8) is 0 Å². The number of halogens is 1. The predicted octanol–water partition coefficient (Wildman–Crippen LogP) is 4.81. The van der Waals surface area contributed by atoms with Crippen molar-refractivity contribution in [2.75, 3.05) is 24.8 Å². The van der Waals surface area contributed by atoms with Crippen LogP contribution in [0.5, 0.6) is 11.5 Å². The van der Waals surface area contributed by atoms with Crippen molar-refractivity contribution in [2.45, 2.75) is 19.5 Å². The molecular weight excluding hydrogens is 476 g/mol. The van der Waals surface area contributed by atoms with Crippen molar-refractivity contribution in [1.29, 1.82) is 0 Å². The number of hydrogen-bond donors (Lipinski definition) is 1. The predicted molar refractivity (Wildman–Crippen MR) is 134 cm³/mol. The summed E-state index contributed by atoms with van der Waals surface area (Å²) in [6.07, 6.45) is 1.13. The van der Waals surface area contributed by atoms with Crippen molar-refractivity contribution in [1.82, 2.24) is 5.32 Å². The minimum atomic E-state index is -3.58. The Morgan fingerprint density at radius 3 is 2.24 bits per heavy atom. The van der Waals surface area contributed by atoms with E-state index in [1.165, 1.54) is 4.31 Å². The van der Waals surface area contributed by atoms with E-state index in [1.807, 2.05) is 19.1 Å². The van der Waals surface area contributed by atoms with Gasteiger partial charge in [0, 0.05) is 10.6 Å². The van der Waals surface area contributed by atoms with Crippen LogP contribution in [0, 0.1) is 0 Å². The maximum absolute atomic E-state index is 12.8. The van der Waals surface area contributed by atoms with E-state index in [0.717, 1.165) is 11.8 Å². The van der Waals surface area contributed by atoms with Crippen LogP contribution >= 0.6 is 11.6 Å². The largest absolute Gasteiger partial charge is 0.493 e. The minimum absolute atomic E-state index is 0.0837. The van der Waals surface area contributed by atoms with Gasteiger partial charge in [0.2, 0.25) is 10.0 Å². The molecule has 0 aliphatic heterocycles. The lowest BCUT2D eigenvalue weighted by atomic mass is 10.1. The highest BCUT2D eigenvalue weighted by molar-refractivity contribution is 7.92. The van der Waals surface area contributed by atoms with Gasteiger partial charge < -0.3 is 14.8 Å². The molecule has 0 aliphatic carbocycles. The molecule has 1 atom stereocenters. The number of nitrogens with zero attached hydrogens (tertiary/aromatic N) is 1. The van der Waals surface area contributed by atoms with Crippen LogP contribution in [0.3, 0.4) is 0 Å². The summed E-state index contributed by atoms with van der Waals surface area (Å²) in [5, 5.41) is 3.43. The molecule has 7 nitrogen and oxygen atoms in total. The summed E-state index contributed by atoms with van der Waals surface area (Å²) in [5.74, 6) is 0.892. The minimum Gasteiger partial charge on any atom is -0.493 e. The molecule has 0 radical (unpaired) electrons. The highest BCUT2D eigenvalue weighted by atomic mass is 35.5. The van der Waals surface area contributed by atoms with E-state index in [-0.39, 0.29) is 18.5 Å². The second-order valence-corrected chi connectivity index (χ2v) is 10.0. The molecule has 0 fully saturated rings. The fourth-order valence-corrected chi connectivity index (χ4v) is 4.52. The van der Waals surface area contributed by atoms with Crippen molar-refractivity contribution in [3.05, 3.63) is 88.4 Å². The Hall–Kier alpha value is -3.23. The van der Waals surface area contributed by atoms with Crippen LogP contribution in [0.25, 0.3) is 0 Å². The van der Waals surface area contributed by atoms with E-state index in [0.29, 0.717) is 33.3 Å². The number of ether oxygens (including phenoxy) is 2. The molecule has 3 aromatic carbocycles. The molecule has 9 heteroatoms. The fourth-order valence-electron chi connectivity index (χ4n) is 3.45. The topological polar surface area (TPSA) is 84.9 Å². The first kappa shape index (κ1) is 25.4. The third kappa shape index (κ3) is 6.01. The van der Waals surface area contributed by atoms with E-state index < -0.39 is 10.0 Å². The third-order valence-electron chi connectivity index (χ3n) is 5.34. The SMILES string of the molecule is COc1ccc(C(C)NC(=O)c2ccc(N(Cc3ccccc3Cl)S(C)(=O)=O)cc2)cc1OC. The zero-order valence-corrected chi connectivity index (χ0v) is 21.0. The van der Waals surface area contributed by atoms with Crippen molar-refractivity contribution in [3.8, 4) is 11.5 Å². The molecule has 3 aromatic rings. The van der Waals surface area contributed by atoms with E-state index in [4.69, 9.17) is 21.1 Å². The Kier molecular flexibility index (Phi) is 8.06. The number of benzene rings is 3. The standard InChI is InChI=1S/C25H27ClN2O5S/c1-17(19-11-14-23(32-2)24(15-19)33-3)27-25(29)18-9-12-21(13-10-18)28(34(4,30)31)16-20-7-5-6-8-22(20)26/h5-15,17H,16H2,1-4H3,(H,27,29). The molecule has 0 saturated heterocycles. The second kappa shape index (κ2) is 10.8. The van der Waals surface area contributed by atoms with Crippen molar-refractivity contribution in [2.24, 2.45) is 0 Å². The molecule has 1 unspecified atom stereocenters. The number of anilines is 1. The van der Waals surface area contributed by atoms with Gasteiger partial charge in [-0.25, -0.2) is 8.42 Å². The maximum atomic E-state index is 12.8. The number of sulfonamides is 1. The number of methoxy groups -OCH3 is 2. The molecule has 0 aliphatic rings. The second-order valence-electron chi connectivity index (χ2n) is 7.72. The normalized spacial score (nSPS) is 12.0. The fraction of sp³-hybridized carbons (Fsp3) is 0.240. The maximum Gasteiger partial charge on any atom is 0.251 e. The number of rotatable bonds is 9. The summed E-state index contributed by atoms with van der Waals surface area (Å²) in [5.41, 5.74) is 2.37. The monoisotopic (exact) mass is 502 g/mol. The number of nitrogens with one attached hydrogen (secondary N) is 1. The third-order valence-corrected chi connectivity index (χ3v) is 6.85. The van der Waals surface area contributed by atoms with Gasteiger partial charge >= 0.3 is 0 Å². The highest BCUT2D eigenvalue weighted by Gasteiger charge is 2.20. The Bertz CT molecular complexity index is 1260. The van der Waals surface area contributed by atoms with E-state index in [9.17, 15) is 13.2 Å². The average molecular weight is 503 g/mol. The summed E-state index contributed by atoms with van der Waals surface area (Å²) >= 11 is 6.22. The van der Waals surface area contributed by atoms with Gasteiger partial charge in [0.1, 0.15) is 0 Å². The Labute approximate surface area is 205 Å². The highest BCUT2D eigenvalue weighted by Crippen LogP contribution is 2.30. The summed E-state index contributed by atoms with van der Waals surface area (Å²) in [6, 6.07) is 18.6. The molecule has 3 rings (SSSR count). The van der Waals surface area contributed by atoms with Crippen LogP contribution < -0.4 is 19.1 Å². The molecule has 0 spiro atoms. The molecule has 34 heavy (non-hydrogen) atoms. The van der Waals surface area contributed by atoms with Crippen molar-refractivity contribution < 1.29 is 22.7 Å². The zero-order valence-electron chi connectivity index (χ0n) is 19.4. The van der Waals surface area contributed by atoms with Gasteiger partial charge in [0.05, 0.1) is 38.7 Å². The molecule has 0 heterocycles. The molecule has 0 bridgehead atoms. The van der Waals surface area contributed by atoms with E-state index in [1.54, 1.807) is 68.8 Å². The first-order valence-corrected chi connectivity index (χ1v) is 12.7. The van der Waals surface area contributed by atoms with Gasteiger partial charge in [-0.15, -0.1) is 0 Å². The first-order chi connectivity index (χ1) is 16.1. The molecular formula is C25H27ClN2O5S. The molecule has 0 saturated carbocycles. The average Bonchev–Trinajstić information content (AvgIpc) is 2.82. The molecule has 1 amide bonds. The Balaban J connectivity index is 1.77.